The Kier molecular flexibility index (Phi) is 4.97. The van der Waals surface area contributed by atoms with E-state index in [0.29, 0.717) is 13.1 Å². The molecule has 1 aromatic carbocycles. The van der Waals surface area contributed by atoms with Gasteiger partial charge in [0.15, 0.2) is 0 Å². The van der Waals surface area contributed by atoms with Gasteiger partial charge in [0.1, 0.15) is 4.90 Å². The van der Waals surface area contributed by atoms with Crippen LogP contribution < -0.4 is 0 Å². The van der Waals surface area contributed by atoms with E-state index in [9.17, 15) is 8.42 Å². The molecule has 0 bridgehead atoms. The van der Waals surface area contributed by atoms with Crippen molar-refractivity contribution in [3.05, 3.63) is 28.8 Å². The predicted octanol–water partition coefficient (Wildman–Crippen LogP) is 2.88. The Labute approximate surface area is 129 Å². The lowest BCUT2D eigenvalue weighted by atomic mass is 10.2. The van der Waals surface area contributed by atoms with Gasteiger partial charge < -0.3 is 4.74 Å². The molecule has 1 heterocycles. The van der Waals surface area contributed by atoms with Gasteiger partial charge in [-0.2, -0.15) is 4.31 Å². The first-order valence-corrected chi connectivity index (χ1v) is 8.70. The minimum absolute atomic E-state index is 0.110. The summed E-state index contributed by atoms with van der Waals surface area (Å²) in [6.07, 6.45) is -0.271. The lowest BCUT2D eigenvalue weighted by Crippen LogP contribution is -2.48. The van der Waals surface area contributed by atoms with Crippen molar-refractivity contribution in [2.24, 2.45) is 0 Å². The molecule has 1 aliphatic rings. The summed E-state index contributed by atoms with van der Waals surface area (Å²) >= 11 is 11.8. The van der Waals surface area contributed by atoms with Crippen LogP contribution in [0, 0.1) is 0 Å². The van der Waals surface area contributed by atoms with Crippen LogP contribution in [0.2, 0.25) is 5.02 Å². The fourth-order valence-corrected chi connectivity index (χ4v) is 4.58. The molecule has 7 heteroatoms. The van der Waals surface area contributed by atoms with Crippen LogP contribution in [0.3, 0.4) is 0 Å². The minimum atomic E-state index is -3.63. The van der Waals surface area contributed by atoms with Crippen LogP contribution in [0.15, 0.2) is 23.1 Å². The number of nitrogens with zero attached hydrogens (tertiary/aromatic N) is 1. The molecule has 1 fully saturated rings. The first-order chi connectivity index (χ1) is 9.34. The Morgan fingerprint density at radius 1 is 1.30 bits per heavy atom. The van der Waals surface area contributed by atoms with E-state index in [1.54, 1.807) is 12.1 Å². The topological polar surface area (TPSA) is 46.6 Å². The summed E-state index contributed by atoms with van der Waals surface area (Å²) in [7, 11) is -3.63. The number of rotatable bonds is 3. The summed E-state index contributed by atoms with van der Waals surface area (Å²) in [6.45, 7) is 4.37. The molecule has 1 saturated heterocycles. The van der Waals surface area contributed by atoms with Gasteiger partial charge in [0.2, 0.25) is 10.0 Å². The molecule has 0 radical (unpaired) electrons. The molecule has 112 valence electrons. The number of halogens is 2. The third-order valence-corrected chi connectivity index (χ3v) is 5.78. The zero-order valence-corrected chi connectivity index (χ0v) is 13.7. The second kappa shape index (κ2) is 6.20. The summed E-state index contributed by atoms with van der Waals surface area (Å²) in [4.78, 5) is 0.110. The second-order valence-electron chi connectivity index (χ2n) is 4.98. The summed E-state index contributed by atoms with van der Waals surface area (Å²) in [5.74, 6) is 0.246. The molecule has 2 rings (SSSR count). The number of ether oxygens (including phenoxy) is 1. The molecule has 0 saturated carbocycles. The number of sulfonamides is 1. The highest BCUT2D eigenvalue weighted by Gasteiger charge is 2.33. The number of hydrogen-bond donors (Lipinski definition) is 0. The van der Waals surface area contributed by atoms with Gasteiger partial charge in [-0.1, -0.05) is 17.7 Å². The summed E-state index contributed by atoms with van der Waals surface area (Å²) in [5, 5.41) is 0.214. The Morgan fingerprint density at radius 2 is 1.90 bits per heavy atom. The number of morpholine rings is 1. The van der Waals surface area contributed by atoms with Crippen LogP contribution in [0.4, 0.5) is 0 Å². The van der Waals surface area contributed by atoms with Gasteiger partial charge in [0.25, 0.3) is 0 Å². The quantitative estimate of drug-likeness (QED) is 0.796. The van der Waals surface area contributed by atoms with Gasteiger partial charge >= 0.3 is 0 Å². The highest BCUT2D eigenvalue weighted by atomic mass is 35.5. The van der Waals surface area contributed by atoms with E-state index in [0.717, 1.165) is 5.56 Å². The van der Waals surface area contributed by atoms with Gasteiger partial charge in [0, 0.05) is 19.0 Å². The van der Waals surface area contributed by atoms with E-state index >= 15 is 0 Å². The molecule has 0 N–H and O–H groups in total. The molecule has 2 atom stereocenters. The summed E-state index contributed by atoms with van der Waals surface area (Å²) in [6, 6.07) is 4.83. The molecule has 20 heavy (non-hydrogen) atoms. The molecular formula is C13H17Cl2NO3S. The summed E-state index contributed by atoms with van der Waals surface area (Å²) in [5.41, 5.74) is 0.726. The first kappa shape index (κ1) is 16.0. The highest BCUT2D eigenvalue weighted by molar-refractivity contribution is 7.89. The van der Waals surface area contributed by atoms with E-state index in [4.69, 9.17) is 27.9 Å². The van der Waals surface area contributed by atoms with Crippen molar-refractivity contribution in [3.63, 3.8) is 0 Å². The molecule has 0 unspecified atom stereocenters. The molecule has 0 aromatic heterocycles. The monoisotopic (exact) mass is 337 g/mol. The zero-order chi connectivity index (χ0) is 14.9. The Bertz CT molecular complexity index is 581. The molecule has 0 aliphatic carbocycles. The van der Waals surface area contributed by atoms with Gasteiger partial charge in [-0.25, -0.2) is 8.42 Å². The number of hydrogen-bond acceptors (Lipinski definition) is 3. The van der Waals surface area contributed by atoms with Crippen LogP contribution in [0.1, 0.15) is 19.4 Å². The standard InChI is InChI=1S/C13H17Cl2NO3S/c1-9-7-16(8-10(2)19-9)20(17,18)13-5-11(6-14)3-4-12(13)15/h3-5,9-10H,6-8H2,1-2H3/t9-,10+. The third-order valence-electron chi connectivity index (χ3n) is 3.15. The maximum atomic E-state index is 12.7. The molecular weight excluding hydrogens is 321 g/mol. The Morgan fingerprint density at radius 3 is 2.45 bits per heavy atom. The van der Waals surface area contributed by atoms with E-state index in [1.165, 1.54) is 10.4 Å². The lowest BCUT2D eigenvalue weighted by molar-refractivity contribution is -0.0440. The van der Waals surface area contributed by atoms with E-state index < -0.39 is 10.0 Å². The van der Waals surface area contributed by atoms with Crippen LogP contribution in [0.25, 0.3) is 0 Å². The van der Waals surface area contributed by atoms with Gasteiger partial charge in [-0.15, -0.1) is 11.6 Å². The maximum Gasteiger partial charge on any atom is 0.244 e. The number of benzene rings is 1. The Balaban J connectivity index is 2.39. The van der Waals surface area contributed by atoms with E-state index in [1.807, 2.05) is 13.8 Å². The molecule has 1 aliphatic heterocycles. The number of alkyl halides is 1. The maximum absolute atomic E-state index is 12.7. The van der Waals surface area contributed by atoms with Crippen LogP contribution >= 0.6 is 23.2 Å². The SMILES string of the molecule is C[C@@H]1CN(S(=O)(=O)c2cc(CCl)ccc2Cl)C[C@H](C)O1. The molecule has 1 aromatic rings. The van der Waals surface area contributed by atoms with Crippen molar-refractivity contribution in [2.45, 2.75) is 36.8 Å². The van der Waals surface area contributed by atoms with Crippen LogP contribution in [0.5, 0.6) is 0 Å². The lowest BCUT2D eigenvalue weighted by Gasteiger charge is -2.34. The third kappa shape index (κ3) is 3.28. The van der Waals surface area contributed by atoms with Gasteiger partial charge in [-0.05, 0) is 31.5 Å². The van der Waals surface area contributed by atoms with Crippen molar-refractivity contribution in [3.8, 4) is 0 Å². The first-order valence-electron chi connectivity index (χ1n) is 6.34. The zero-order valence-electron chi connectivity index (χ0n) is 11.3. The van der Waals surface area contributed by atoms with E-state index in [-0.39, 0.29) is 28.0 Å². The molecule has 0 spiro atoms. The molecule has 0 amide bonds. The van der Waals surface area contributed by atoms with Gasteiger partial charge in [-0.3, -0.25) is 0 Å². The predicted molar refractivity (Wildman–Crippen MR) is 79.8 cm³/mol. The molecule has 4 nitrogen and oxygen atoms in total. The largest absolute Gasteiger partial charge is 0.373 e. The van der Waals surface area contributed by atoms with Crippen molar-refractivity contribution in [2.75, 3.05) is 13.1 Å². The average molecular weight is 338 g/mol. The van der Waals surface area contributed by atoms with Crippen molar-refractivity contribution >= 4 is 33.2 Å². The van der Waals surface area contributed by atoms with Crippen LogP contribution in [-0.4, -0.2) is 38.0 Å². The van der Waals surface area contributed by atoms with Crippen molar-refractivity contribution < 1.29 is 13.2 Å². The van der Waals surface area contributed by atoms with E-state index in [2.05, 4.69) is 0 Å². The van der Waals surface area contributed by atoms with Crippen molar-refractivity contribution in [1.29, 1.82) is 0 Å². The van der Waals surface area contributed by atoms with Crippen molar-refractivity contribution in [1.82, 2.24) is 4.31 Å². The highest BCUT2D eigenvalue weighted by Crippen LogP contribution is 2.28. The Hall–Kier alpha value is -0.330. The van der Waals surface area contributed by atoms with Gasteiger partial charge in [0.05, 0.1) is 17.2 Å². The fourth-order valence-electron chi connectivity index (χ4n) is 2.29. The minimum Gasteiger partial charge on any atom is -0.373 e. The normalized spacial score (nSPS) is 24.8. The average Bonchev–Trinajstić information content (AvgIpc) is 2.38. The summed E-state index contributed by atoms with van der Waals surface area (Å²) < 4.78 is 32.4. The fraction of sp³-hybridized carbons (Fsp3) is 0.538. The smallest absolute Gasteiger partial charge is 0.244 e. The van der Waals surface area contributed by atoms with Crippen LogP contribution in [-0.2, 0) is 20.6 Å². The second-order valence-corrected chi connectivity index (χ2v) is 7.56.